The molecule has 0 aliphatic rings. The SMILES string of the molecule is Brc1ccccc1.C#Cc1ccccc1.CC#Cc1ccccc1. The highest BCUT2D eigenvalue weighted by molar-refractivity contribution is 9.10. The van der Waals surface area contributed by atoms with Crippen molar-refractivity contribution in [1.29, 1.82) is 0 Å². The molecule has 24 heavy (non-hydrogen) atoms. The quantitative estimate of drug-likeness (QED) is 0.412. The van der Waals surface area contributed by atoms with E-state index < -0.39 is 0 Å². The van der Waals surface area contributed by atoms with Crippen LogP contribution in [0.4, 0.5) is 0 Å². The van der Waals surface area contributed by atoms with Crippen molar-refractivity contribution >= 4 is 15.9 Å². The van der Waals surface area contributed by atoms with Crippen LogP contribution in [0.1, 0.15) is 18.1 Å². The molecular formula is C23H19Br. The summed E-state index contributed by atoms with van der Waals surface area (Å²) in [7, 11) is 0. The topological polar surface area (TPSA) is 0 Å². The van der Waals surface area contributed by atoms with Gasteiger partial charge in [-0.05, 0) is 43.3 Å². The van der Waals surface area contributed by atoms with Crippen molar-refractivity contribution in [3.05, 3.63) is 107 Å². The molecule has 1 heteroatoms. The van der Waals surface area contributed by atoms with Crippen LogP contribution in [0.25, 0.3) is 0 Å². The smallest absolute Gasteiger partial charge is 0.0245 e. The first-order chi connectivity index (χ1) is 11.8. The van der Waals surface area contributed by atoms with Crippen molar-refractivity contribution in [3.8, 4) is 24.2 Å². The second-order valence-electron chi connectivity index (χ2n) is 4.55. The minimum atomic E-state index is 0.938. The van der Waals surface area contributed by atoms with E-state index in [0.717, 1.165) is 15.6 Å². The van der Waals surface area contributed by atoms with Gasteiger partial charge in [-0.3, -0.25) is 0 Å². The second-order valence-corrected chi connectivity index (χ2v) is 5.46. The van der Waals surface area contributed by atoms with Crippen molar-refractivity contribution in [2.24, 2.45) is 0 Å². The molecule has 3 aromatic rings. The molecule has 0 unspecified atom stereocenters. The van der Waals surface area contributed by atoms with Gasteiger partial charge in [-0.2, -0.15) is 0 Å². The van der Waals surface area contributed by atoms with Crippen molar-refractivity contribution in [2.75, 3.05) is 0 Å². The van der Waals surface area contributed by atoms with Crippen LogP contribution in [0.2, 0.25) is 0 Å². The van der Waals surface area contributed by atoms with E-state index in [1.807, 2.05) is 97.9 Å². The molecule has 0 radical (unpaired) electrons. The minimum Gasteiger partial charge on any atom is -0.115 e. The van der Waals surface area contributed by atoms with Crippen LogP contribution in [0.3, 0.4) is 0 Å². The van der Waals surface area contributed by atoms with Crippen LogP contribution in [0.15, 0.2) is 95.5 Å². The molecule has 0 N–H and O–H groups in total. The molecule has 0 saturated carbocycles. The Morgan fingerprint density at radius 3 is 1.38 bits per heavy atom. The zero-order valence-corrected chi connectivity index (χ0v) is 15.2. The maximum absolute atomic E-state index is 5.10. The Morgan fingerprint density at radius 1 is 0.667 bits per heavy atom. The molecule has 0 aliphatic carbocycles. The average Bonchev–Trinajstić information content (AvgIpc) is 2.65. The molecule has 0 aliphatic heterocycles. The largest absolute Gasteiger partial charge is 0.115 e. The molecular weight excluding hydrogens is 356 g/mol. The number of hydrogen-bond acceptors (Lipinski definition) is 0. The Balaban J connectivity index is 0.000000181. The van der Waals surface area contributed by atoms with Crippen LogP contribution in [0.5, 0.6) is 0 Å². The first kappa shape index (κ1) is 19.3. The standard InChI is InChI=1S/C9H8.C8H6.C6H5Br/c1-2-6-9-7-4-3-5-8-9;1-2-8-6-4-3-5-7-8;7-6-4-2-1-3-5-6/h3-5,7-8H,1H3;1,3-7H;1-5H. The molecule has 3 aromatic carbocycles. The van der Waals surface area contributed by atoms with Gasteiger partial charge in [0.1, 0.15) is 0 Å². The Morgan fingerprint density at radius 2 is 1.08 bits per heavy atom. The van der Waals surface area contributed by atoms with E-state index >= 15 is 0 Å². The number of rotatable bonds is 0. The minimum absolute atomic E-state index is 0.938. The highest BCUT2D eigenvalue weighted by Crippen LogP contribution is 2.05. The molecule has 0 heterocycles. The highest BCUT2D eigenvalue weighted by atomic mass is 79.9. The summed E-state index contributed by atoms with van der Waals surface area (Å²) < 4.78 is 1.13. The van der Waals surface area contributed by atoms with Gasteiger partial charge in [0.25, 0.3) is 0 Å². The molecule has 0 saturated heterocycles. The van der Waals surface area contributed by atoms with Gasteiger partial charge in [0.05, 0.1) is 0 Å². The van der Waals surface area contributed by atoms with Gasteiger partial charge in [0, 0.05) is 15.6 Å². The number of halogens is 1. The fourth-order valence-corrected chi connectivity index (χ4v) is 1.92. The number of hydrogen-bond donors (Lipinski definition) is 0. The summed E-state index contributed by atoms with van der Waals surface area (Å²) in [6.45, 7) is 1.84. The van der Waals surface area contributed by atoms with E-state index in [9.17, 15) is 0 Å². The molecule has 3 rings (SSSR count). The van der Waals surface area contributed by atoms with Crippen molar-refractivity contribution < 1.29 is 0 Å². The van der Waals surface area contributed by atoms with E-state index in [1.165, 1.54) is 0 Å². The Kier molecular flexibility index (Phi) is 10.3. The lowest BCUT2D eigenvalue weighted by Gasteiger charge is -1.83. The van der Waals surface area contributed by atoms with Gasteiger partial charge in [-0.15, -0.1) is 12.3 Å². The summed E-state index contributed by atoms with van der Waals surface area (Å²) in [5.41, 5.74) is 2.02. The molecule has 0 nitrogen and oxygen atoms in total. The normalized spacial score (nSPS) is 8.04. The van der Waals surface area contributed by atoms with Gasteiger partial charge in [0.2, 0.25) is 0 Å². The lowest BCUT2D eigenvalue weighted by molar-refractivity contribution is 1.64. The first-order valence-electron chi connectivity index (χ1n) is 7.46. The zero-order valence-electron chi connectivity index (χ0n) is 13.6. The Hall–Kier alpha value is -2.74. The third-order valence-corrected chi connectivity index (χ3v) is 3.25. The van der Waals surface area contributed by atoms with Gasteiger partial charge in [-0.25, -0.2) is 0 Å². The zero-order chi connectivity index (χ0) is 17.5. The molecule has 0 spiro atoms. The predicted octanol–water partition coefficient (Wildman–Crippen LogP) is 6.18. The predicted molar refractivity (Wildman–Crippen MR) is 108 cm³/mol. The van der Waals surface area contributed by atoms with Gasteiger partial charge in [0.15, 0.2) is 0 Å². The summed E-state index contributed by atoms with van der Waals surface area (Å²) >= 11 is 3.31. The average molecular weight is 375 g/mol. The van der Waals surface area contributed by atoms with Crippen LogP contribution >= 0.6 is 15.9 Å². The number of benzene rings is 3. The van der Waals surface area contributed by atoms with Gasteiger partial charge in [-0.1, -0.05) is 82.4 Å². The van der Waals surface area contributed by atoms with Gasteiger partial charge < -0.3 is 0 Å². The van der Waals surface area contributed by atoms with E-state index in [4.69, 9.17) is 6.42 Å². The summed E-state index contributed by atoms with van der Waals surface area (Å²) in [6, 6.07) is 29.5. The first-order valence-corrected chi connectivity index (χ1v) is 8.25. The summed E-state index contributed by atoms with van der Waals surface area (Å²) in [5.74, 6) is 8.32. The highest BCUT2D eigenvalue weighted by Gasteiger charge is 1.78. The summed E-state index contributed by atoms with van der Waals surface area (Å²) in [4.78, 5) is 0. The molecule has 0 amide bonds. The van der Waals surface area contributed by atoms with Crippen molar-refractivity contribution in [2.45, 2.75) is 6.92 Å². The van der Waals surface area contributed by atoms with E-state index in [-0.39, 0.29) is 0 Å². The lowest BCUT2D eigenvalue weighted by Crippen LogP contribution is -1.67. The molecule has 0 fully saturated rings. The third-order valence-electron chi connectivity index (χ3n) is 2.72. The van der Waals surface area contributed by atoms with E-state index in [1.54, 1.807) is 0 Å². The Labute approximate surface area is 153 Å². The molecule has 118 valence electrons. The molecule has 0 atom stereocenters. The van der Waals surface area contributed by atoms with E-state index in [0.29, 0.717) is 0 Å². The van der Waals surface area contributed by atoms with Crippen LogP contribution < -0.4 is 0 Å². The van der Waals surface area contributed by atoms with Crippen LogP contribution in [-0.2, 0) is 0 Å². The molecule has 0 bridgehead atoms. The van der Waals surface area contributed by atoms with Gasteiger partial charge >= 0.3 is 0 Å². The Bertz CT molecular complexity index is 773. The van der Waals surface area contributed by atoms with Crippen molar-refractivity contribution in [3.63, 3.8) is 0 Å². The monoisotopic (exact) mass is 374 g/mol. The lowest BCUT2D eigenvalue weighted by atomic mass is 10.2. The summed E-state index contributed by atoms with van der Waals surface area (Å²) in [5, 5.41) is 0. The maximum atomic E-state index is 5.10. The van der Waals surface area contributed by atoms with Crippen LogP contribution in [-0.4, -0.2) is 0 Å². The third kappa shape index (κ3) is 9.31. The second kappa shape index (κ2) is 12.8. The number of terminal acetylenes is 1. The fourth-order valence-electron chi connectivity index (χ4n) is 1.61. The van der Waals surface area contributed by atoms with Crippen molar-refractivity contribution in [1.82, 2.24) is 0 Å². The van der Waals surface area contributed by atoms with Crippen LogP contribution in [0, 0.1) is 24.2 Å². The summed E-state index contributed by atoms with van der Waals surface area (Å²) in [6.07, 6.45) is 5.10. The molecule has 0 aromatic heterocycles. The maximum Gasteiger partial charge on any atom is 0.0245 e. The fraction of sp³-hybridized carbons (Fsp3) is 0.0435. The van der Waals surface area contributed by atoms with E-state index in [2.05, 4.69) is 33.7 Å².